The fraction of sp³-hybridized carbons (Fsp3) is 0.500. The van der Waals surface area contributed by atoms with Crippen molar-refractivity contribution in [3.05, 3.63) is 23.8 Å². The number of methoxy groups -OCH3 is 1. The SMILES string of the molecule is COC(=O)C=C(C)CCC=CCO. The van der Waals surface area contributed by atoms with Crippen LogP contribution in [-0.2, 0) is 9.53 Å². The molecule has 0 aromatic carbocycles. The van der Waals surface area contributed by atoms with Gasteiger partial charge in [-0.15, -0.1) is 0 Å². The quantitative estimate of drug-likeness (QED) is 0.399. The summed E-state index contributed by atoms with van der Waals surface area (Å²) in [5.74, 6) is -0.316. The summed E-state index contributed by atoms with van der Waals surface area (Å²) in [5, 5.41) is 8.44. The van der Waals surface area contributed by atoms with Crippen molar-refractivity contribution in [3.8, 4) is 0 Å². The molecule has 0 unspecified atom stereocenters. The molecule has 0 radical (unpaired) electrons. The molecule has 0 aromatic heterocycles. The molecule has 1 N–H and O–H groups in total. The first kappa shape index (κ1) is 11.9. The van der Waals surface area contributed by atoms with Crippen LogP contribution in [0, 0.1) is 0 Å². The maximum absolute atomic E-state index is 10.8. The smallest absolute Gasteiger partial charge is 0.330 e. The van der Waals surface area contributed by atoms with Crippen molar-refractivity contribution in [2.24, 2.45) is 0 Å². The summed E-state index contributed by atoms with van der Waals surface area (Å²) < 4.78 is 4.47. The number of carbonyl (C=O) groups excluding carboxylic acids is 1. The van der Waals surface area contributed by atoms with Crippen molar-refractivity contribution in [1.82, 2.24) is 0 Å². The van der Waals surface area contributed by atoms with Gasteiger partial charge in [-0.3, -0.25) is 0 Å². The maximum Gasteiger partial charge on any atom is 0.330 e. The summed E-state index contributed by atoms with van der Waals surface area (Å²) in [7, 11) is 1.36. The minimum Gasteiger partial charge on any atom is -0.466 e. The van der Waals surface area contributed by atoms with Gasteiger partial charge < -0.3 is 9.84 Å². The van der Waals surface area contributed by atoms with Crippen molar-refractivity contribution in [3.63, 3.8) is 0 Å². The zero-order chi connectivity index (χ0) is 10.1. The minimum atomic E-state index is -0.316. The van der Waals surface area contributed by atoms with Gasteiger partial charge in [0, 0.05) is 6.08 Å². The van der Waals surface area contributed by atoms with Gasteiger partial charge >= 0.3 is 5.97 Å². The Morgan fingerprint density at radius 3 is 2.69 bits per heavy atom. The maximum atomic E-state index is 10.8. The standard InChI is InChI=1S/C10H16O3/c1-9(8-10(12)13-2)6-4-3-5-7-11/h3,5,8,11H,4,6-7H2,1-2H3. The fourth-order valence-corrected chi connectivity index (χ4v) is 0.836. The first-order valence-corrected chi connectivity index (χ1v) is 4.21. The third-order valence-electron chi connectivity index (χ3n) is 1.54. The van der Waals surface area contributed by atoms with Crippen LogP contribution in [0.3, 0.4) is 0 Å². The topological polar surface area (TPSA) is 46.5 Å². The molecule has 0 spiro atoms. The molecule has 0 fully saturated rings. The lowest BCUT2D eigenvalue weighted by atomic mass is 10.1. The molecule has 0 rings (SSSR count). The van der Waals surface area contributed by atoms with Crippen LogP contribution >= 0.6 is 0 Å². The predicted octanol–water partition coefficient (Wildman–Crippen LogP) is 1.43. The second-order valence-electron chi connectivity index (χ2n) is 2.71. The molecule has 13 heavy (non-hydrogen) atoms. The highest BCUT2D eigenvalue weighted by Crippen LogP contribution is 2.04. The van der Waals surface area contributed by atoms with Crippen molar-refractivity contribution in [2.75, 3.05) is 13.7 Å². The Bertz CT molecular complexity index is 204. The number of esters is 1. The molecule has 0 bridgehead atoms. The fourth-order valence-electron chi connectivity index (χ4n) is 0.836. The summed E-state index contributed by atoms with van der Waals surface area (Å²) >= 11 is 0. The van der Waals surface area contributed by atoms with Gasteiger partial charge in [-0.25, -0.2) is 4.79 Å². The number of hydrogen-bond acceptors (Lipinski definition) is 3. The van der Waals surface area contributed by atoms with E-state index in [9.17, 15) is 4.79 Å². The van der Waals surface area contributed by atoms with E-state index in [1.165, 1.54) is 13.2 Å². The van der Waals surface area contributed by atoms with Gasteiger partial charge in [0.2, 0.25) is 0 Å². The van der Waals surface area contributed by atoms with Crippen molar-refractivity contribution in [1.29, 1.82) is 0 Å². The molecule has 0 aliphatic rings. The predicted molar refractivity (Wildman–Crippen MR) is 51.2 cm³/mol. The lowest BCUT2D eigenvalue weighted by Gasteiger charge is -1.96. The zero-order valence-corrected chi connectivity index (χ0v) is 8.12. The average Bonchev–Trinajstić information content (AvgIpc) is 2.12. The Balaban J connectivity index is 3.73. The lowest BCUT2D eigenvalue weighted by molar-refractivity contribution is -0.134. The largest absolute Gasteiger partial charge is 0.466 e. The summed E-state index contributed by atoms with van der Waals surface area (Å²) in [6.07, 6.45) is 6.69. The summed E-state index contributed by atoms with van der Waals surface area (Å²) in [6.45, 7) is 1.95. The van der Waals surface area contributed by atoms with Crippen LogP contribution in [0.5, 0.6) is 0 Å². The van der Waals surface area contributed by atoms with Gasteiger partial charge in [0.15, 0.2) is 0 Å². The number of hydrogen-bond donors (Lipinski definition) is 1. The Kier molecular flexibility index (Phi) is 6.92. The first-order chi connectivity index (χ1) is 6.20. The Morgan fingerprint density at radius 2 is 2.15 bits per heavy atom. The van der Waals surface area contributed by atoms with Gasteiger partial charge in [0.25, 0.3) is 0 Å². The van der Waals surface area contributed by atoms with Gasteiger partial charge in [-0.2, -0.15) is 0 Å². The van der Waals surface area contributed by atoms with Crippen molar-refractivity contribution in [2.45, 2.75) is 19.8 Å². The third kappa shape index (κ3) is 7.28. The minimum absolute atomic E-state index is 0.0692. The van der Waals surface area contributed by atoms with Crippen LogP contribution in [-0.4, -0.2) is 24.8 Å². The highest BCUT2D eigenvalue weighted by Gasteiger charge is 1.94. The Labute approximate surface area is 78.7 Å². The molecular weight excluding hydrogens is 168 g/mol. The van der Waals surface area contributed by atoms with Gasteiger partial charge in [0.1, 0.15) is 0 Å². The van der Waals surface area contributed by atoms with Crippen LogP contribution in [0.15, 0.2) is 23.8 Å². The molecule has 0 heterocycles. The zero-order valence-electron chi connectivity index (χ0n) is 8.12. The average molecular weight is 184 g/mol. The Morgan fingerprint density at radius 1 is 1.46 bits per heavy atom. The van der Waals surface area contributed by atoms with E-state index in [0.717, 1.165) is 18.4 Å². The van der Waals surface area contributed by atoms with Gasteiger partial charge in [0.05, 0.1) is 13.7 Å². The van der Waals surface area contributed by atoms with Crippen LogP contribution in [0.4, 0.5) is 0 Å². The number of allylic oxidation sites excluding steroid dienone is 2. The van der Waals surface area contributed by atoms with Crippen LogP contribution in [0.1, 0.15) is 19.8 Å². The molecule has 0 aliphatic heterocycles. The van der Waals surface area contributed by atoms with Crippen molar-refractivity contribution < 1.29 is 14.6 Å². The second-order valence-corrected chi connectivity index (χ2v) is 2.71. The van der Waals surface area contributed by atoms with Gasteiger partial charge in [-0.1, -0.05) is 17.7 Å². The summed E-state index contributed by atoms with van der Waals surface area (Å²) in [4.78, 5) is 10.8. The molecule has 0 atom stereocenters. The number of carbonyl (C=O) groups is 1. The molecule has 0 saturated carbocycles. The lowest BCUT2D eigenvalue weighted by Crippen LogP contribution is -1.95. The monoisotopic (exact) mass is 184 g/mol. The molecule has 74 valence electrons. The number of rotatable bonds is 5. The third-order valence-corrected chi connectivity index (χ3v) is 1.54. The van der Waals surface area contributed by atoms with Crippen LogP contribution in [0.2, 0.25) is 0 Å². The molecule has 0 aromatic rings. The number of ether oxygens (including phenoxy) is 1. The van der Waals surface area contributed by atoms with E-state index >= 15 is 0 Å². The van der Waals surface area contributed by atoms with E-state index in [1.54, 1.807) is 6.08 Å². The Hall–Kier alpha value is -1.09. The van der Waals surface area contributed by atoms with E-state index in [1.807, 2.05) is 13.0 Å². The van der Waals surface area contributed by atoms with E-state index in [0.29, 0.717) is 0 Å². The van der Waals surface area contributed by atoms with Crippen LogP contribution in [0.25, 0.3) is 0 Å². The molecule has 3 nitrogen and oxygen atoms in total. The molecule has 0 saturated heterocycles. The summed E-state index contributed by atoms with van der Waals surface area (Å²) in [5.41, 5.74) is 0.981. The normalized spacial score (nSPS) is 12.1. The second kappa shape index (κ2) is 7.55. The number of aliphatic hydroxyl groups excluding tert-OH is 1. The van der Waals surface area contributed by atoms with Crippen molar-refractivity contribution >= 4 is 5.97 Å². The molecular formula is C10H16O3. The van der Waals surface area contributed by atoms with E-state index in [4.69, 9.17) is 5.11 Å². The van der Waals surface area contributed by atoms with E-state index < -0.39 is 0 Å². The number of aliphatic hydroxyl groups is 1. The van der Waals surface area contributed by atoms with E-state index in [-0.39, 0.29) is 12.6 Å². The molecule has 0 amide bonds. The van der Waals surface area contributed by atoms with Gasteiger partial charge in [-0.05, 0) is 19.8 Å². The highest BCUT2D eigenvalue weighted by atomic mass is 16.5. The van der Waals surface area contributed by atoms with E-state index in [2.05, 4.69) is 4.74 Å². The highest BCUT2D eigenvalue weighted by molar-refractivity contribution is 5.82. The first-order valence-electron chi connectivity index (χ1n) is 4.21. The van der Waals surface area contributed by atoms with Crippen LogP contribution < -0.4 is 0 Å². The molecule has 0 aliphatic carbocycles. The summed E-state index contributed by atoms with van der Waals surface area (Å²) in [6, 6.07) is 0. The molecule has 3 heteroatoms.